The minimum Gasteiger partial charge on any atom is -0.378 e. The molecule has 0 bridgehead atoms. The number of aliphatic hydroxyl groups excluding tert-OH is 1. The highest BCUT2D eigenvalue weighted by atomic mass is 19.4. The first kappa shape index (κ1) is 28.9. The molecule has 2 aromatic carbocycles. The highest BCUT2D eigenvalue weighted by molar-refractivity contribution is 6.04. The van der Waals surface area contributed by atoms with E-state index in [0.717, 1.165) is 17.2 Å². The molecule has 1 atom stereocenters. The average molecular weight is 578 g/mol. The lowest BCUT2D eigenvalue weighted by atomic mass is 10.00. The molecule has 42 heavy (non-hydrogen) atoms. The molecular formula is C31H30F3N5O3. The van der Waals surface area contributed by atoms with Crippen LogP contribution in [0.2, 0.25) is 0 Å². The van der Waals surface area contributed by atoms with Gasteiger partial charge >= 0.3 is 6.18 Å². The number of carbonyl (C=O) groups excluding carboxylic acids is 2. The minimum atomic E-state index is -4.73. The molecule has 0 spiro atoms. The quantitative estimate of drug-likeness (QED) is 0.287. The third-order valence-electron chi connectivity index (χ3n) is 7.32. The van der Waals surface area contributed by atoms with Crippen molar-refractivity contribution in [2.75, 3.05) is 36.4 Å². The zero-order valence-electron chi connectivity index (χ0n) is 23.1. The molecule has 5 rings (SSSR count). The predicted octanol–water partition coefficient (Wildman–Crippen LogP) is 5.35. The summed E-state index contributed by atoms with van der Waals surface area (Å²) in [6.07, 6.45) is -4.58. The number of pyridine rings is 1. The Hall–Kier alpha value is -4.64. The first-order valence-corrected chi connectivity index (χ1v) is 13.4. The van der Waals surface area contributed by atoms with Crippen LogP contribution in [-0.2, 0) is 11.0 Å². The number of halogens is 3. The van der Waals surface area contributed by atoms with Crippen LogP contribution in [0.25, 0.3) is 11.3 Å². The normalized spacial score (nSPS) is 14.5. The molecule has 218 valence electrons. The van der Waals surface area contributed by atoms with Crippen molar-refractivity contribution < 1.29 is 27.9 Å². The maximum Gasteiger partial charge on any atom is 0.418 e. The summed E-state index contributed by atoms with van der Waals surface area (Å²) in [7, 11) is 0. The molecular weight excluding hydrogens is 547 g/mol. The zero-order chi connectivity index (χ0) is 30.0. The Bertz CT molecular complexity index is 1580. The van der Waals surface area contributed by atoms with Crippen LogP contribution in [0.15, 0.2) is 72.9 Å². The SMILES string of the molecule is Cc1ccc(C)c(C(O)C(=O)N2CCN(c3ccc(NC(=O)c4[nH]c(-c5ccccc5)cc4C(F)(F)F)cn3)CC2)c1. The summed E-state index contributed by atoms with van der Waals surface area (Å²) in [5.74, 6) is -0.696. The molecule has 11 heteroatoms. The number of rotatable bonds is 6. The van der Waals surface area contributed by atoms with Gasteiger partial charge in [0.2, 0.25) is 0 Å². The summed E-state index contributed by atoms with van der Waals surface area (Å²) >= 11 is 0. The van der Waals surface area contributed by atoms with Gasteiger partial charge in [-0.3, -0.25) is 9.59 Å². The molecule has 8 nitrogen and oxygen atoms in total. The summed E-state index contributed by atoms with van der Waals surface area (Å²) in [5.41, 5.74) is 1.70. The summed E-state index contributed by atoms with van der Waals surface area (Å²) < 4.78 is 41.2. The molecule has 2 aromatic heterocycles. The third kappa shape index (κ3) is 6.15. The zero-order valence-corrected chi connectivity index (χ0v) is 23.1. The van der Waals surface area contributed by atoms with Crippen molar-refractivity contribution in [3.63, 3.8) is 0 Å². The van der Waals surface area contributed by atoms with Crippen molar-refractivity contribution in [1.82, 2.24) is 14.9 Å². The van der Waals surface area contributed by atoms with Crippen molar-refractivity contribution >= 4 is 23.3 Å². The molecule has 1 unspecified atom stereocenters. The van der Waals surface area contributed by atoms with Crippen LogP contribution in [0.3, 0.4) is 0 Å². The van der Waals surface area contributed by atoms with Crippen molar-refractivity contribution in [1.29, 1.82) is 0 Å². The van der Waals surface area contributed by atoms with Gasteiger partial charge in [-0.25, -0.2) is 4.98 Å². The molecule has 0 aliphatic carbocycles. The Morgan fingerprint density at radius 3 is 2.33 bits per heavy atom. The predicted molar refractivity (Wildman–Crippen MR) is 153 cm³/mol. The first-order chi connectivity index (χ1) is 20.0. The van der Waals surface area contributed by atoms with Gasteiger partial charge in [0, 0.05) is 31.9 Å². The molecule has 2 amide bonds. The van der Waals surface area contributed by atoms with Gasteiger partial charge in [0.05, 0.1) is 17.4 Å². The number of aromatic amines is 1. The van der Waals surface area contributed by atoms with E-state index < -0.39 is 29.4 Å². The first-order valence-electron chi connectivity index (χ1n) is 13.4. The fraction of sp³-hybridized carbons (Fsp3) is 0.258. The van der Waals surface area contributed by atoms with E-state index in [0.29, 0.717) is 43.1 Å². The van der Waals surface area contributed by atoms with Gasteiger partial charge in [-0.1, -0.05) is 54.1 Å². The standard InChI is InChI=1S/C31H30F3N5O3/c1-19-8-9-20(2)23(16-19)28(40)30(42)39-14-12-38(13-15-39)26-11-10-22(18-35-26)36-29(41)27-24(31(32,33)34)17-25(37-27)21-6-4-3-5-7-21/h3-11,16-18,28,37,40H,12-15H2,1-2H3,(H,36,41). The second-order valence-electron chi connectivity index (χ2n) is 10.3. The largest absolute Gasteiger partial charge is 0.418 e. The number of anilines is 2. The van der Waals surface area contributed by atoms with Crippen molar-refractivity contribution in [2.24, 2.45) is 0 Å². The molecule has 0 radical (unpaired) electrons. The molecule has 1 fully saturated rings. The number of aliphatic hydroxyl groups is 1. The lowest BCUT2D eigenvalue weighted by Crippen LogP contribution is -2.50. The minimum absolute atomic E-state index is 0.181. The van der Waals surface area contributed by atoms with Crippen LogP contribution < -0.4 is 10.2 Å². The topological polar surface area (TPSA) is 102 Å². The van der Waals surface area contributed by atoms with Gasteiger partial charge in [-0.2, -0.15) is 13.2 Å². The maximum atomic E-state index is 13.7. The number of hydrogen-bond donors (Lipinski definition) is 3. The Kier molecular flexibility index (Phi) is 8.04. The van der Waals surface area contributed by atoms with Crippen LogP contribution >= 0.6 is 0 Å². The fourth-order valence-electron chi connectivity index (χ4n) is 4.99. The number of nitrogens with one attached hydrogen (secondary N) is 2. The second-order valence-corrected chi connectivity index (χ2v) is 10.3. The monoisotopic (exact) mass is 577 g/mol. The van der Waals surface area contributed by atoms with Gasteiger partial charge in [0.15, 0.2) is 6.10 Å². The van der Waals surface area contributed by atoms with Crippen LogP contribution in [0.4, 0.5) is 24.7 Å². The van der Waals surface area contributed by atoms with Gasteiger partial charge in [-0.05, 0) is 48.7 Å². The molecule has 1 aliphatic rings. The highest BCUT2D eigenvalue weighted by Crippen LogP contribution is 2.35. The Balaban J connectivity index is 1.22. The van der Waals surface area contributed by atoms with Crippen LogP contribution in [-0.4, -0.2) is 58.0 Å². The van der Waals surface area contributed by atoms with E-state index in [4.69, 9.17) is 0 Å². The van der Waals surface area contributed by atoms with Gasteiger partial charge < -0.3 is 25.2 Å². The molecule has 4 aromatic rings. The van der Waals surface area contributed by atoms with E-state index in [1.165, 1.54) is 6.20 Å². The molecule has 1 aliphatic heterocycles. The van der Waals surface area contributed by atoms with Gasteiger partial charge in [-0.15, -0.1) is 0 Å². The highest BCUT2D eigenvalue weighted by Gasteiger charge is 2.37. The average Bonchev–Trinajstić information content (AvgIpc) is 3.46. The molecule has 1 saturated heterocycles. The Labute approximate surface area is 240 Å². The molecule has 0 saturated carbocycles. The number of aryl methyl sites for hydroxylation is 2. The summed E-state index contributed by atoms with van der Waals surface area (Å²) in [5, 5.41) is 13.2. The molecule has 3 N–H and O–H groups in total. The Morgan fingerprint density at radius 2 is 1.69 bits per heavy atom. The summed E-state index contributed by atoms with van der Waals surface area (Å²) in [4.78, 5) is 36.4. The number of nitrogens with zero attached hydrogens (tertiary/aromatic N) is 3. The number of carbonyl (C=O) groups is 2. The van der Waals surface area contributed by atoms with Crippen molar-refractivity contribution in [3.8, 4) is 11.3 Å². The lowest BCUT2D eigenvalue weighted by Gasteiger charge is -2.36. The number of H-pyrrole nitrogens is 1. The van der Waals surface area contributed by atoms with Gasteiger partial charge in [0.1, 0.15) is 11.5 Å². The summed E-state index contributed by atoms with van der Waals surface area (Å²) in [6, 6.07) is 18.2. The lowest BCUT2D eigenvalue weighted by molar-refractivity contribution is -0.141. The number of benzene rings is 2. The van der Waals surface area contributed by atoms with Crippen LogP contribution in [0, 0.1) is 13.8 Å². The van der Waals surface area contributed by atoms with Crippen LogP contribution in [0.5, 0.6) is 0 Å². The van der Waals surface area contributed by atoms with E-state index >= 15 is 0 Å². The number of amides is 2. The van der Waals surface area contributed by atoms with Crippen molar-refractivity contribution in [2.45, 2.75) is 26.1 Å². The fourth-order valence-corrected chi connectivity index (χ4v) is 4.99. The number of piperazine rings is 1. The molecule has 3 heterocycles. The second kappa shape index (κ2) is 11.7. The van der Waals surface area contributed by atoms with E-state index in [-0.39, 0.29) is 17.3 Å². The number of hydrogen-bond acceptors (Lipinski definition) is 5. The van der Waals surface area contributed by atoms with Crippen molar-refractivity contribution in [3.05, 3.63) is 101 Å². The van der Waals surface area contributed by atoms with E-state index in [2.05, 4.69) is 15.3 Å². The van der Waals surface area contributed by atoms with Gasteiger partial charge in [0.25, 0.3) is 11.8 Å². The smallest absolute Gasteiger partial charge is 0.378 e. The Morgan fingerprint density at radius 1 is 0.976 bits per heavy atom. The number of aromatic nitrogens is 2. The summed E-state index contributed by atoms with van der Waals surface area (Å²) in [6.45, 7) is 5.49. The van der Waals surface area contributed by atoms with E-state index in [1.54, 1.807) is 47.4 Å². The maximum absolute atomic E-state index is 13.7. The van der Waals surface area contributed by atoms with E-state index in [1.807, 2.05) is 36.9 Å². The van der Waals surface area contributed by atoms with Crippen LogP contribution in [0.1, 0.15) is 38.8 Å². The third-order valence-corrected chi connectivity index (χ3v) is 7.32. The number of alkyl halides is 3. The van der Waals surface area contributed by atoms with E-state index in [9.17, 15) is 27.9 Å².